The molecule has 2 aromatic carbocycles. The first-order valence-corrected chi connectivity index (χ1v) is 11.8. The third kappa shape index (κ3) is 4.95. The number of aryl methyl sites for hydroxylation is 1. The summed E-state index contributed by atoms with van der Waals surface area (Å²) in [6, 6.07) is 13.7. The Hall–Kier alpha value is -2.13. The number of nitrogens with one attached hydrogen (secondary N) is 1. The summed E-state index contributed by atoms with van der Waals surface area (Å²) >= 11 is 7.21. The topological polar surface area (TPSA) is 79.4 Å². The number of nitrogens with zero attached hydrogens (tertiary/aromatic N) is 2. The average Bonchev–Trinajstić information content (AvgIpc) is 2.69. The highest BCUT2D eigenvalue weighted by atomic mass is 35.5. The Kier molecular flexibility index (Phi) is 6.71. The maximum Gasteiger partial charge on any atom is 0.242 e. The van der Waals surface area contributed by atoms with Gasteiger partial charge in [0, 0.05) is 30.2 Å². The van der Waals surface area contributed by atoms with Crippen LogP contribution in [0.4, 0.5) is 5.69 Å². The molecule has 0 aliphatic rings. The van der Waals surface area contributed by atoms with Crippen LogP contribution in [0.5, 0.6) is 0 Å². The SMILES string of the molecule is Cc1cc(S[C@@H](C)C(=O)Nc2ccc(Cl)cc2)nc2ccc(S(=O)(=O)N(C)C)cc12. The van der Waals surface area contributed by atoms with Crippen LogP contribution in [0.15, 0.2) is 58.5 Å². The molecule has 3 rings (SSSR count). The van der Waals surface area contributed by atoms with E-state index in [4.69, 9.17) is 11.6 Å². The lowest BCUT2D eigenvalue weighted by Crippen LogP contribution is -2.22. The molecule has 1 aromatic heterocycles. The van der Waals surface area contributed by atoms with Gasteiger partial charge in [-0.25, -0.2) is 17.7 Å². The van der Waals surface area contributed by atoms with Gasteiger partial charge in [-0.15, -0.1) is 0 Å². The molecule has 1 heterocycles. The molecular formula is C21H22ClN3O3S2. The van der Waals surface area contributed by atoms with Gasteiger partial charge in [0.05, 0.1) is 20.7 Å². The molecule has 0 bridgehead atoms. The van der Waals surface area contributed by atoms with Crippen molar-refractivity contribution in [3.63, 3.8) is 0 Å². The summed E-state index contributed by atoms with van der Waals surface area (Å²) in [5, 5.41) is 4.55. The second-order valence-corrected chi connectivity index (χ2v) is 10.9. The lowest BCUT2D eigenvalue weighted by molar-refractivity contribution is -0.115. The summed E-state index contributed by atoms with van der Waals surface area (Å²) in [4.78, 5) is 17.3. The largest absolute Gasteiger partial charge is 0.325 e. The van der Waals surface area contributed by atoms with Crippen molar-refractivity contribution < 1.29 is 13.2 Å². The Morgan fingerprint density at radius 1 is 1.13 bits per heavy atom. The van der Waals surface area contributed by atoms with E-state index in [0.29, 0.717) is 21.3 Å². The van der Waals surface area contributed by atoms with Crippen molar-refractivity contribution in [1.29, 1.82) is 0 Å². The van der Waals surface area contributed by atoms with E-state index in [2.05, 4.69) is 10.3 Å². The number of sulfonamides is 1. The molecule has 0 aliphatic carbocycles. The van der Waals surface area contributed by atoms with Gasteiger partial charge in [-0.1, -0.05) is 23.4 Å². The first-order chi connectivity index (χ1) is 14.1. The summed E-state index contributed by atoms with van der Waals surface area (Å²) < 4.78 is 26.0. The standard InChI is InChI=1S/C21H22ClN3O3S2/c1-13-11-20(29-14(2)21(26)23-16-7-5-15(22)6-8-16)24-19-10-9-17(12-18(13)19)30(27,28)25(3)4/h5-12,14H,1-4H3,(H,23,26)/t14-/m0/s1. The van der Waals surface area contributed by atoms with Crippen molar-refractivity contribution in [3.05, 3.63) is 59.1 Å². The number of carbonyl (C=O) groups excluding carboxylic acids is 1. The molecule has 0 spiro atoms. The van der Waals surface area contributed by atoms with E-state index >= 15 is 0 Å². The number of rotatable bonds is 6. The number of pyridine rings is 1. The lowest BCUT2D eigenvalue weighted by atomic mass is 10.1. The number of fused-ring (bicyclic) bond motifs is 1. The fourth-order valence-corrected chi connectivity index (χ4v) is 4.76. The van der Waals surface area contributed by atoms with Crippen molar-refractivity contribution in [3.8, 4) is 0 Å². The number of carbonyl (C=O) groups is 1. The summed E-state index contributed by atoms with van der Waals surface area (Å²) in [5.41, 5.74) is 2.25. The zero-order valence-corrected chi connectivity index (χ0v) is 19.4. The van der Waals surface area contributed by atoms with Crippen LogP contribution < -0.4 is 5.32 Å². The number of benzene rings is 2. The van der Waals surface area contributed by atoms with Crippen LogP contribution in [0.2, 0.25) is 5.02 Å². The molecule has 9 heteroatoms. The third-order valence-corrected chi connectivity index (χ3v) is 7.60. The number of hydrogen-bond acceptors (Lipinski definition) is 5. The Morgan fingerprint density at radius 3 is 2.43 bits per heavy atom. The molecule has 0 fully saturated rings. The summed E-state index contributed by atoms with van der Waals surface area (Å²) in [6.45, 7) is 3.71. The van der Waals surface area contributed by atoms with E-state index in [9.17, 15) is 13.2 Å². The minimum Gasteiger partial charge on any atom is -0.325 e. The van der Waals surface area contributed by atoms with E-state index in [1.165, 1.54) is 30.2 Å². The molecule has 3 aromatic rings. The molecule has 0 saturated heterocycles. The molecule has 1 atom stereocenters. The minimum absolute atomic E-state index is 0.144. The predicted octanol–water partition coefficient (Wildman–Crippen LogP) is 4.57. The van der Waals surface area contributed by atoms with Gasteiger partial charge in [0.1, 0.15) is 0 Å². The van der Waals surface area contributed by atoms with Crippen LogP contribution in [-0.4, -0.2) is 43.0 Å². The number of thioether (sulfide) groups is 1. The van der Waals surface area contributed by atoms with Crippen LogP contribution in [0.1, 0.15) is 12.5 Å². The highest BCUT2D eigenvalue weighted by molar-refractivity contribution is 8.00. The van der Waals surface area contributed by atoms with Crippen molar-refractivity contribution in [2.45, 2.75) is 29.0 Å². The molecule has 0 aliphatic heterocycles. The molecule has 1 amide bonds. The Morgan fingerprint density at radius 2 is 1.80 bits per heavy atom. The molecular weight excluding hydrogens is 442 g/mol. The maximum atomic E-state index is 12.5. The zero-order chi connectivity index (χ0) is 22.1. The smallest absolute Gasteiger partial charge is 0.242 e. The average molecular weight is 464 g/mol. The van der Waals surface area contributed by atoms with E-state index in [1.807, 2.05) is 19.9 Å². The highest BCUT2D eigenvalue weighted by Gasteiger charge is 2.19. The van der Waals surface area contributed by atoms with Crippen LogP contribution in [-0.2, 0) is 14.8 Å². The quantitative estimate of drug-likeness (QED) is 0.542. The van der Waals surface area contributed by atoms with Crippen molar-refractivity contribution in [2.75, 3.05) is 19.4 Å². The monoisotopic (exact) mass is 463 g/mol. The number of hydrogen-bond donors (Lipinski definition) is 1. The number of anilines is 1. The van der Waals surface area contributed by atoms with Crippen LogP contribution in [0, 0.1) is 6.92 Å². The number of halogens is 1. The van der Waals surface area contributed by atoms with Gasteiger partial charge in [-0.05, 0) is 67.9 Å². The Labute approximate surface area is 185 Å². The van der Waals surface area contributed by atoms with Gasteiger partial charge < -0.3 is 5.32 Å². The minimum atomic E-state index is -3.52. The van der Waals surface area contributed by atoms with Crippen molar-refractivity contribution in [2.24, 2.45) is 0 Å². The van der Waals surface area contributed by atoms with Crippen molar-refractivity contribution in [1.82, 2.24) is 9.29 Å². The molecule has 158 valence electrons. The van der Waals surface area contributed by atoms with Crippen LogP contribution >= 0.6 is 23.4 Å². The van der Waals surface area contributed by atoms with E-state index in [1.54, 1.807) is 42.5 Å². The first-order valence-electron chi connectivity index (χ1n) is 9.15. The van der Waals surface area contributed by atoms with Crippen molar-refractivity contribution >= 4 is 55.9 Å². The van der Waals surface area contributed by atoms with Crippen LogP contribution in [0.3, 0.4) is 0 Å². The first kappa shape index (κ1) is 22.6. The summed E-state index contributed by atoms with van der Waals surface area (Å²) in [5.74, 6) is -0.144. The maximum absolute atomic E-state index is 12.5. The normalized spacial score (nSPS) is 12.9. The third-order valence-electron chi connectivity index (χ3n) is 4.52. The Balaban J connectivity index is 1.81. The van der Waals surface area contributed by atoms with E-state index < -0.39 is 10.0 Å². The van der Waals surface area contributed by atoms with Gasteiger partial charge in [-0.2, -0.15) is 0 Å². The highest BCUT2D eigenvalue weighted by Crippen LogP contribution is 2.29. The fourth-order valence-electron chi connectivity index (χ4n) is 2.79. The number of amides is 1. The van der Waals surface area contributed by atoms with Gasteiger partial charge in [0.2, 0.25) is 15.9 Å². The van der Waals surface area contributed by atoms with Gasteiger partial charge in [-0.3, -0.25) is 4.79 Å². The zero-order valence-electron chi connectivity index (χ0n) is 17.0. The second kappa shape index (κ2) is 8.93. The van der Waals surface area contributed by atoms with Gasteiger partial charge >= 0.3 is 0 Å². The van der Waals surface area contributed by atoms with E-state index in [-0.39, 0.29) is 16.1 Å². The summed E-state index contributed by atoms with van der Waals surface area (Å²) in [7, 11) is -0.517. The van der Waals surface area contributed by atoms with Gasteiger partial charge in [0.15, 0.2) is 0 Å². The molecule has 0 radical (unpaired) electrons. The Bertz CT molecular complexity index is 1200. The predicted molar refractivity (Wildman–Crippen MR) is 123 cm³/mol. The van der Waals surface area contributed by atoms with Gasteiger partial charge in [0.25, 0.3) is 0 Å². The second-order valence-electron chi connectivity index (χ2n) is 7.00. The molecule has 1 N–H and O–H groups in total. The molecule has 0 unspecified atom stereocenters. The summed E-state index contributed by atoms with van der Waals surface area (Å²) in [6.07, 6.45) is 0. The molecule has 0 saturated carbocycles. The lowest BCUT2D eigenvalue weighted by Gasteiger charge is -2.14. The van der Waals surface area contributed by atoms with Crippen LogP contribution in [0.25, 0.3) is 10.9 Å². The van der Waals surface area contributed by atoms with E-state index in [0.717, 1.165) is 10.9 Å². The number of aromatic nitrogens is 1. The fraction of sp³-hybridized carbons (Fsp3) is 0.238. The molecule has 6 nitrogen and oxygen atoms in total. The molecule has 30 heavy (non-hydrogen) atoms.